The van der Waals surface area contributed by atoms with Gasteiger partial charge in [0, 0.05) is 6.04 Å². The zero-order valence-electron chi connectivity index (χ0n) is 6.77. The Balaban J connectivity index is 1.97. The van der Waals surface area contributed by atoms with Crippen LogP contribution >= 0.6 is 0 Å². The van der Waals surface area contributed by atoms with Gasteiger partial charge >= 0.3 is 0 Å². The summed E-state index contributed by atoms with van der Waals surface area (Å²) < 4.78 is 0. The maximum Gasteiger partial charge on any atom is 0.00929 e. The van der Waals surface area contributed by atoms with Crippen molar-refractivity contribution in [2.75, 3.05) is 6.54 Å². The Morgan fingerprint density at radius 1 is 1.60 bits per heavy atom. The van der Waals surface area contributed by atoms with E-state index < -0.39 is 0 Å². The van der Waals surface area contributed by atoms with E-state index in [1.807, 2.05) is 6.08 Å². The molecular weight excluding hydrogens is 122 g/mol. The highest BCUT2D eigenvalue weighted by atomic mass is 14.9. The Morgan fingerprint density at radius 3 is 2.80 bits per heavy atom. The maximum absolute atomic E-state index is 3.68. The van der Waals surface area contributed by atoms with Crippen molar-refractivity contribution >= 4 is 0 Å². The molecule has 0 bridgehead atoms. The standard InChI is InChI=1S/C9H17N/c1-3-4-7-10-9-6-5-8(9)2/h3,8-10H,1,4-7H2,2H3. The molecule has 0 aromatic carbocycles. The molecule has 1 saturated carbocycles. The molecule has 0 spiro atoms. The zero-order chi connectivity index (χ0) is 7.40. The largest absolute Gasteiger partial charge is 0.313 e. The van der Waals surface area contributed by atoms with Crippen molar-refractivity contribution in [3.63, 3.8) is 0 Å². The molecular formula is C9H17N. The molecule has 0 heterocycles. The lowest BCUT2D eigenvalue weighted by Gasteiger charge is -2.34. The van der Waals surface area contributed by atoms with Crippen LogP contribution in [0.4, 0.5) is 0 Å². The third-order valence-electron chi connectivity index (χ3n) is 2.37. The summed E-state index contributed by atoms with van der Waals surface area (Å²) in [6.45, 7) is 7.10. The van der Waals surface area contributed by atoms with Crippen LogP contribution < -0.4 is 5.32 Å². The molecule has 1 N–H and O–H groups in total. The van der Waals surface area contributed by atoms with Crippen LogP contribution in [0.1, 0.15) is 26.2 Å². The van der Waals surface area contributed by atoms with Gasteiger partial charge in [0.15, 0.2) is 0 Å². The van der Waals surface area contributed by atoms with Crippen LogP contribution in [0.2, 0.25) is 0 Å². The molecule has 2 atom stereocenters. The van der Waals surface area contributed by atoms with Gasteiger partial charge in [0.25, 0.3) is 0 Å². The topological polar surface area (TPSA) is 12.0 Å². The van der Waals surface area contributed by atoms with Crippen molar-refractivity contribution in [2.45, 2.75) is 32.2 Å². The van der Waals surface area contributed by atoms with Crippen molar-refractivity contribution in [3.8, 4) is 0 Å². The van der Waals surface area contributed by atoms with Gasteiger partial charge in [-0.15, -0.1) is 6.58 Å². The number of nitrogens with one attached hydrogen (secondary N) is 1. The molecule has 1 fully saturated rings. The molecule has 2 unspecified atom stereocenters. The Morgan fingerprint density at radius 2 is 2.40 bits per heavy atom. The minimum Gasteiger partial charge on any atom is -0.313 e. The summed E-state index contributed by atoms with van der Waals surface area (Å²) in [5.41, 5.74) is 0. The SMILES string of the molecule is C=CCCNC1CCC1C. The van der Waals surface area contributed by atoms with Crippen LogP contribution in [0, 0.1) is 5.92 Å². The van der Waals surface area contributed by atoms with Crippen LogP contribution in [0.15, 0.2) is 12.7 Å². The molecule has 0 saturated heterocycles. The molecule has 0 amide bonds. The average Bonchev–Trinajstić information content (AvgIpc) is 1.95. The second-order valence-electron chi connectivity index (χ2n) is 3.19. The summed E-state index contributed by atoms with van der Waals surface area (Å²) in [6, 6.07) is 0.806. The van der Waals surface area contributed by atoms with E-state index in [0.717, 1.165) is 24.9 Å². The van der Waals surface area contributed by atoms with Gasteiger partial charge in [0.05, 0.1) is 0 Å². The first-order chi connectivity index (χ1) is 4.84. The van der Waals surface area contributed by atoms with Gasteiger partial charge in [-0.2, -0.15) is 0 Å². The first-order valence-electron chi connectivity index (χ1n) is 4.19. The van der Waals surface area contributed by atoms with E-state index in [9.17, 15) is 0 Å². The normalized spacial score (nSPS) is 31.3. The van der Waals surface area contributed by atoms with Crippen LogP contribution in [-0.4, -0.2) is 12.6 Å². The van der Waals surface area contributed by atoms with Crippen LogP contribution in [0.3, 0.4) is 0 Å². The third-order valence-corrected chi connectivity index (χ3v) is 2.37. The highest BCUT2D eigenvalue weighted by Crippen LogP contribution is 2.25. The summed E-state index contributed by atoms with van der Waals surface area (Å²) in [5, 5.41) is 3.50. The third kappa shape index (κ3) is 1.84. The molecule has 1 nitrogen and oxygen atoms in total. The molecule has 0 aliphatic heterocycles. The smallest absolute Gasteiger partial charge is 0.00929 e. The van der Waals surface area contributed by atoms with Crippen molar-refractivity contribution in [1.82, 2.24) is 5.32 Å². The fraction of sp³-hybridized carbons (Fsp3) is 0.778. The molecule has 1 heteroatoms. The summed E-state index contributed by atoms with van der Waals surface area (Å²) in [5.74, 6) is 0.907. The van der Waals surface area contributed by atoms with E-state index >= 15 is 0 Å². The number of hydrogen-bond acceptors (Lipinski definition) is 1. The Labute approximate surface area is 63.5 Å². The Bertz CT molecular complexity index is 109. The lowest BCUT2D eigenvalue weighted by molar-refractivity contribution is 0.231. The van der Waals surface area contributed by atoms with E-state index in [-0.39, 0.29) is 0 Å². The molecule has 1 aliphatic carbocycles. The van der Waals surface area contributed by atoms with Gasteiger partial charge in [-0.3, -0.25) is 0 Å². The van der Waals surface area contributed by atoms with Crippen LogP contribution in [-0.2, 0) is 0 Å². The minimum atomic E-state index is 0.806. The number of rotatable bonds is 4. The molecule has 58 valence electrons. The Hall–Kier alpha value is -0.300. The van der Waals surface area contributed by atoms with Gasteiger partial charge in [0.1, 0.15) is 0 Å². The summed E-state index contributed by atoms with van der Waals surface area (Å²) in [4.78, 5) is 0. The predicted molar refractivity (Wildman–Crippen MR) is 45.0 cm³/mol. The summed E-state index contributed by atoms with van der Waals surface area (Å²) in [6.07, 6.45) is 5.85. The molecule has 1 rings (SSSR count). The highest BCUT2D eigenvalue weighted by molar-refractivity contribution is 4.84. The van der Waals surface area contributed by atoms with Crippen molar-refractivity contribution in [2.24, 2.45) is 5.92 Å². The zero-order valence-corrected chi connectivity index (χ0v) is 6.77. The van der Waals surface area contributed by atoms with Crippen LogP contribution in [0.25, 0.3) is 0 Å². The van der Waals surface area contributed by atoms with Gasteiger partial charge in [-0.25, -0.2) is 0 Å². The number of hydrogen-bond donors (Lipinski definition) is 1. The fourth-order valence-electron chi connectivity index (χ4n) is 1.34. The Kier molecular flexibility index (Phi) is 2.94. The molecule has 0 aromatic heterocycles. The van der Waals surface area contributed by atoms with E-state index in [1.165, 1.54) is 12.8 Å². The van der Waals surface area contributed by atoms with Gasteiger partial charge in [-0.1, -0.05) is 13.0 Å². The summed E-state index contributed by atoms with van der Waals surface area (Å²) in [7, 11) is 0. The minimum absolute atomic E-state index is 0.806. The summed E-state index contributed by atoms with van der Waals surface area (Å²) >= 11 is 0. The molecule has 0 aromatic rings. The predicted octanol–water partition coefficient (Wildman–Crippen LogP) is 1.95. The van der Waals surface area contributed by atoms with Crippen molar-refractivity contribution in [1.29, 1.82) is 0 Å². The molecule has 1 aliphatic rings. The lowest BCUT2D eigenvalue weighted by Crippen LogP contribution is -2.42. The van der Waals surface area contributed by atoms with Crippen molar-refractivity contribution < 1.29 is 0 Å². The highest BCUT2D eigenvalue weighted by Gasteiger charge is 2.25. The van der Waals surface area contributed by atoms with E-state index in [4.69, 9.17) is 0 Å². The quantitative estimate of drug-likeness (QED) is 0.463. The maximum atomic E-state index is 3.68. The second kappa shape index (κ2) is 3.77. The van der Waals surface area contributed by atoms with Gasteiger partial charge in [0.2, 0.25) is 0 Å². The van der Waals surface area contributed by atoms with Crippen LogP contribution in [0.5, 0.6) is 0 Å². The monoisotopic (exact) mass is 139 g/mol. The van der Waals surface area contributed by atoms with Gasteiger partial charge in [-0.05, 0) is 31.7 Å². The van der Waals surface area contributed by atoms with E-state index in [1.54, 1.807) is 0 Å². The lowest BCUT2D eigenvalue weighted by atomic mass is 9.81. The fourth-order valence-corrected chi connectivity index (χ4v) is 1.34. The van der Waals surface area contributed by atoms with E-state index in [2.05, 4.69) is 18.8 Å². The second-order valence-corrected chi connectivity index (χ2v) is 3.19. The first kappa shape index (κ1) is 7.80. The van der Waals surface area contributed by atoms with Crippen molar-refractivity contribution in [3.05, 3.63) is 12.7 Å². The van der Waals surface area contributed by atoms with E-state index in [0.29, 0.717) is 0 Å². The molecule has 0 radical (unpaired) electrons. The van der Waals surface area contributed by atoms with Gasteiger partial charge < -0.3 is 5.32 Å². The molecule has 10 heavy (non-hydrogen) atoms. The average molecular weight is 139 g/mol. The first-order valence-corrected chi connectivity index (χ1v) is 4.19.